The summed E-state index contributed by atoms with van der Waals surface area (Å²) in [5.41, 5.74) is 0. The van der Waals surface area contributed by atoms with Crippen LogP contribution in [-0.4, -0.2) is 24.2 Å². The van der Waals surface area contributed by atoms with Gasteiger partial charge in [0.05, 0.1) is 18.9 Å². The molecule has 4 nitrogen and oxygen atoms in total. The average Bonchev–Trinajstić information content (AvgIpc) is 2.74. The number of allylic oxidation sites excluding steroid dienone is 2. The van der Waals surface area contributed by atoms with E-state index in [0.717, 1.165) is 6.42 Å². The number of ether oxygens (including phenoxy) is 1. The number of carbonyl (C=O) groups is 2. The maximum atomic E-state index is 11.4. The van der Waals surface area contributed by atoms with E-state index in [4.69, 9.17) is 5.11 Å². The number of carboxylic acids is 1. The van der Waals surface area contributed by atoms with Gasteiger partial charge in [0.15, 0.2) is 0 Å². The van der Waals surface area contributed by atoms with E-state index in [1.165, 1.54) is 7.11 Å². The van der Waals surface area contributed by atoms with Crippen LogP contribution in [0.5, 0.6) is 0 Å². The van der Waals surface area contributed by atoms with Crippen molar-refractivity contribution in [3.05, 3.63) is 12.2 Å². The third-order valence-corrected chi connectivity index (χ3v) is 3.22. The molecule has 0 aromatic rings. The lowest BCUT2D eigenvalue weighted by molar-refractivity contribution is -0.156. The fourth-order valence-electron chi connectivity index (χ4n) is 2.62. The number of fused-ring (bicyclic) bond motifs is 2. The molecule has 0 unspecified atom stereocenters. The molecule has 0 aromatic heterocycles. The molecule has 0 radical (unpaired) electrons. The minimum absolute atomic E-state index is 0.0154. The quantitative estimate of drug-likeness (QED) is 0.521. The molecule has 0 spiro atoms. The van der Waals surface area contributed by atoms with E-state index in [0.29, 0.717) is 0 Å². The van der Waals surface area contributed by atoms with Crippen molar-refractivity contribution in [1.82, 2.24) is 0 Å². The Balaban J connectivity index is 2.26. The predicted octanol–water partition coefficient (Wildman–Crippen LogP) is 0.682. The molecule has 2 bridgehead atoms. The SMILES string of the molecule is COC(=O)[C@@H]1[C@H](C(=O)O)[C@@H]2C=C[C@@H]1C2. The molecule has 4 atom stereocenters. The lowest BCUT2D eigenvalue weighted by atomic mass is 9.83. The molecule has 1 N–H and O–H groups in total. The number of rotatable bonds is 2. The number of methoxy groups -OCH3 is 1. The van der Waals surface area contributed by atoms with Crippen LogP contribution in [-0.2, 0) is 14.3 Å². The highest BCUT2D eigenvalue weighted by Crippen LogP contribution is 2.48. The van der Waals surface area contributed by atoms with Gasteiger partial charge in [0, 0.05) is 0 Å². The first kappa shape index (κ1) is 9.24. The Morgan fingerprint density at radius 2 is 1.86 bits per heavy atom. The predicted molar refractivity (Wildman–Crippen MR) is 47.4 cm³/mol. The lowest BCUT2D eigenvalue weighted by Gasteiger charge is -2.21. The molecule has 4 heteroatoms. The smallest absolute Gasteiger partial charge is 0.310 e. The normalized spacial score (nSPS) is 38.6. The molecule has 0 heterocycles. The summed E-state index contributed by atoms with van der Waals surface area (Å²) < 4.78 is 4.63. The van der Waals surface area contributed by atoms with Crippen LogP contribution in [0.25, 0.3) is 0 Å². The maximum absolute atomic E-state index is 11.4. The summed E-state index contributed by atoms with van der Waals surface area (Å²) in [4.78, 5) is 22.4. The van der Waals surface area contributed by atoms with Gasteiger partial charge < -0.3 is 9.84 Å². The van der Waals surface area contributed by atoms with Crippen LogP contribution in [0.1, 0.15) is 6.42 Å². The van der Waals surface area contributed by atoms with Crippen molar-refractivity contribution < 1.29 is 19.4 Å². The standard InChI is InChI=1S/C10H12O4/c1-14-10(13)8-6-3-2-5(4-6)7(8)9(11)12/h2-3,5-8H,4H2,1H3,(H,11,12)/t5-,6-,7-,8+/m1/s1. The Kier molecular flexibility index (Phi) is 2.06. The number of aliphatic carboxylic acids is 1. The second-order valence-electron chi connectivity index (χ2n) is 3.86. The minimum Gasteiger partial charge on any atom is -0.481 e. The first-order valence-electron chi connectivity index (χ1n) is 4.64. The summed E-state index contributed by atoms with van der Waals surface area (Å²) in [5.74, 6) is -2.27. The summed E-state index contributed by atoms with van der Waals surface area (Å²) >= 11 is 0. The minimum atomic E-state index is -0.891. The lowest BCUT2D eigenvalue weighted by Crippen LogP contribution is -2.33. The number of esters is 1. The molecule has 0 saturated heterocycles. The molecule has 1 saturated carbocycles. The largest absolute Gasteiger partial charge is 0.481 e. The monoisotopic (exact) mass is 196 g/mol. The summed E-state index contributed by atoms with van der Waals surface area (Å²) in [6, 6.07) is 0. The van der Waals surface area contributed by atoms with Gasteiger partial charge in [0.25, 0.3) is 0 Å². The zero-order valence-electron chi connectivity index (χ0n) is 7.84. The van der Waals surface area contributed by atoms with Crippen LogP contribution in [0.3, 0.4) is 0 Å². The van der Waals surface area contributed by atoms with Crippen molar-refractivity contribution in [1.29, 1.82) is 0 Å². The molecule has 2 rings (SSSR count). The van der Waals surface area contributed by atoms with E-state index in [1.54, 1.807) is 0 Å². The van der Waals surface area contributed by atoms with Crippen molar-refractivity contribution in [2.75, 3.05) is 7.11 Å². The number of hydrogen-bond donors (Lipinski definition) is 1. The van der Waals surface area contributed by atoms with Gasteiger partial charge in [-0.15, -0.1) is 0 Å². The molecule has 1 fully saturated rings. The first-order chi connectivity index (χ1) is 6.65. The molecule has 0 amide bonds. The molecule has 0 aromatic carbocycles. The Morgan fingerprint density at radius 3 is 2.36 bits per heavy atom. The van der Waals surface area contributed by atoms with Gasteiger partial charge >= 0.3 is 11.9 Å². The Morgan fingerprint density at radius 1 is 1.29 bits per heavy atom. The summed E-state index contributed by atoms with van der Waals surface area (Å²) in [7, 11) is 1.30. The number of hydrogen-bond acceptors (Lipinski definition) is 3. The number of carbonyl (C=O) groups excluding carboxylic acids is 1. The summed E-state index contributed by atoms with van der Waals surface area (Å²) in [6.07, 6.45) is 4.62. The van der Waals surface area contributed by atoms with Crippen LogP contribution >= 0.6 is 0 Å². The Bertz CT molecular complexity index is 307. The van der Waals surface area contributed by atoms with Crippen LogP contribution in [0.4, 0.5) is 0 Å². The van der Waals surface area contributed by atoms with E-state index in [2.05, 4.69) is 4.74 Å². The van der Waals surface area contributed by atoms with Crippen LogP contribution < -0.4 is 0 Å². The fourth-order valence-corrected chi connectivity index (χ4v) is 2.62. The van der Waals surface area contributed by atoms with Gasteiger partial charge in [-0.1, -0.05) is 12.2 Å². The van der Waals surface area contributed by atoms with E-state index >= 15 is 0 Å². The molecule has 0 aliphatic heterocycles. The molecular formula is C10H12O4. The van der Waals surface area contributed by atoms with Gasteiger partial charge in [-0.3, -0.25) is 9.59 Å². The highest BCUT2D eigenvalue weighted by Gasteiger charge is 2.52. The van der Waals surface area contributed by atoms with Crippen molar-refractivity contribution in [2.24, 2.45) is 23.7 Å². The Hall–Kier alpha value is -1.32. The zero-order chi connectivity index (χ0) is 10.3. The fraction of sp³-hybridized carbons (Fsp3) is 0.600. The van der Waals surface area contributed by atoms with Gasteiger partial charge in [0.2, 0.25) is 0 Å². The molecule has 2 aliphatic rings. The zero-order valence-corrected chi connectivity index (χ0v) is 7.84. The Labute approximate surface area is 81.6 Å². The highest BCUT2D eigenvalue weighted by atomic mass is 16.5. The van der Waals surface area contributed by atoms with Gasteiger partial charge in [-0.05, 0) is 18.3 Å². The van der Waals surface area contributed by atoms with E-state index in [1.807, 2.05) is 12.2 Å². The van der Waals surface area contributed by atoms with Crippen LogP contribution in [0, 0.1) is 23.7 Å². The second kappa shape index (κ2) is 3.12. The van der Waals surface area contributed by atoms with Crippen molar-refractivity contribution in [2.45, 2.75) is 6.42 Å². The van der Waals surface area contributed by atoms with Crippen LogP contribution in [0.2, 0.25) is 0 Å². The molecule has 76 valence electrons. The third kappa shape index (κ3) is 1.14. The van der Waals surface area contributed by atoms with Crippen molar-refractivity contribution in [3.8, 4) is 0 Å². The molecule has 2 aliphatic carbocycles. The summed E-state index contributed by atoms with van der Waals surface area (Å²) in [5, 5.41) is 9.01. The third-order valence-electron chi connectivity index (χ3n) is 3.22. The number of carboxylic acid groups (broad SMARTS) is 1. The first-order valence-corrected chi connectivity index (χ1v) is 4.64. The molecular weight excluding hydrogens is 184 g/mol. The van der Waals surface area contributed by atoms with Crippen molar-refractivity contribution in [3.63, 3.8) is 0 Å². The van der Waals surface area contributed by atoms with E-state index < -0.39 is 23.8 Å². The van der Waals surface area contributed by atoms with Gasteiger partial charge in [0.1, 0.15) is 0 Å². The van der Waals surface area contributed by atoms with Crippen LogP contribution in [0.15, 0.2) is 12.2 Å². The van der Waals surface area contributed by atoms with Crippen molar-refractivity contribution >= 4 is 11.9 Å². The van der Waals surface area contributed by atoms with E-state index in [9.17, 15) is 9.59 Å². The average molecular weight is 196 g/mol. The van der Waals surface area contributed by atoms with E-state index in [-0.39, 0.29) is 11.8 Å². The maximum Gasteiger partial charge on any atom is 0.310 e. The van der Waals surface area contributed by atoms with Gasteiger partial charge in [-0.25, -0.2) is 0 Å². The topological polar surface area (TPSA) is 63.6 Å². The highest BCUT2D eigenvalue weighted by molar-refractivity contribution is 5.83. The second-order valence-corrected chi connectivity index (χ2v) is 3.86. The summed E-state index contributed by atoms with van der Waals surface area (Å²) in [6.45, 7) is 0. The molecule has 14 heavy (non-hydrogen) atoms. The van der Waals surface area contributed by atoms with Gasteiger partial charge in [-0.2, -0.15) is 0 Å².